The number of aromatic nitrogens is 1. The largest absolute Gasteiger partial charge is 0.352 e. The van der Waals surface area contributed by atoms with Gasteiger partial charge in [0.1, 0.15) is 0 Å². The van der Waals surface area contributed by atoms with Crippen molar-refractivity contribution in [3.05, 3.63) is 77.0 Å². The second-order valence-electron chi connectivity index (χ2n) is 6.17. The average molecular weight is 318 g/mol. The minimum absolute atomic E-state index is 0.0556. The van der Waals surface area contributed by atoms with Crippen LogP contribution in [0.1, 0.15) is 33.5 Å². The normalized spacial score (nSPS) is 10.8. The quantitative estimate of drug-likeness (QED) is 0.716. The van der Waals surface area contributed by atoms with Crippen LogP contribution in [0.2, 0.25) is 0 Å². The molecule has 1 heterocycles. The summed E-state index contributed by atoms with van der Waals surface area (Å²) in [6, 6.07) is 16.1. The van der Waals surface area contributed by atoms with E-state index in [1.807, 2.05) is 30.3 Å². The third kappa shape index (κ3) is 3.62. The second-order valence-corrected chi connectivity index (χ2v) is 6.17. The highest BCUT2D eigenvalue weighted by Gasteiger charge is 2.10. The van der Waals surface area contributed by atoms with Crippen molar-refractivity contribution in [1.29, 1.82) is 0 Å². The third-order valence-electron chi connectivity index (χ3n) is 4.28. The van der Waals surface area contributed by atoms with Crippen molar-refractivity contribution in [2.45, 2.75) is 26.7 Å². The Morgan fingerprint density at radius 3 is 2.75 bits per heavy atom. The first-order valence-corrected chi connectivity index (χ1v) is 8.33. The van der Waals surface area contributed by atoms with Gasteiger partial charge in [-0.05, 0) is 49.9 Å². The van der Waals surface area contributed by atoms with Crippen molar-refractivity contribution >= 4 is 16.8 Å². The summed E-state index contributed by atoms with van der Waals surface area (Å²) in [5.74, 6) is -0.0556. The van der Waals surface area contributed by atoms with Crippen LogP contribution in [0, 0.1) is 13.8 Å². The van der Waals surface area contributed by atoms with E-state index in [0.717, 1.165) is 23.7 Å². The van der Waals surface area contributed by atoms with Crippen molar-refractivity contribution in [2.24, 2.45) is 0 Å². The van der Waals surface area contributed by atoms with Gasteiger partial charge in [-0.15, -0.1) is 0 Å². The molecule has 1 amide bonds. The standard InChI is InChI=1S/C21H22N2O/c1-15-10-11-17(16(2)14-15)7-4-13-23-21(24)19-9-3-6-18-8-5-12-22-20(18)19/h3,5-6,8-12,14H,4,7,13H2,1-2H3,(H,23,24). The molecule has 2 aromatic carbocycles. The number of nitrogens with one attached hydrogen (secondary N) is 1. The molecule has 24 heavy (non-hydrogen) atoms. The molecular formula is C21H22N2O. The van der Waals surface area contributed by atoms with E-state index in [1.165, 1.54) is 16.7 Å². The lowest BCUT2D eigenvalue weighted by atomic mass is 10.0. The maximum atomic E-state index is 12.4. The highest BCUT2D eigenvalue weighted by molar-refractivity contribution is 6.05. The maximum absolute atomic E-state index is 12.4. The molecule has 3 heteroatoms. The van der Waals surface area contributed by atoms with Crippen molar-refractivity contribution in [3.63, 3.8) is 0 Å². The van der Waals surface area contributed by atoms with Crippen LogP contribution in [0.3, 0.4) is 0 Å². The Morgan fingerprint density at radius 2 is 1.92 bits per heavy atom. The van der Waals surface area contributed by atoms with Gasteiger partial charge in [-0.25, -0.2) is 0 Å². The van der Waals surface area contributed by atoms with E-state index in [9.17, 15) is 4.79 Å². The predicted octanol–water partition coefficient (Wildman–Crippen LogP) is 4.21. The van der Waals surface area contributed by atoms with Gasteiger partial charge in [0.25, 0.3) is 5.91 Å². The van der Waals surface area contributed by atoms with E-state index in [0.29, 0.717) is 12.1 Å². The van der Waals surface area contributed by atoms with Crippen LogP contribution in [0.15, 0.2) is 54.7 Å². The van der Waals surface area contributed by atoms with Crippen LogP contribution in [0.4, 0.5) is 0 Å². The molecule has 0 spiro atoms. The summed E-state index contributed by atoms with van der Waals surface area (Å²) in [5, 5.41) is 4.00. The minimum atomic E-state index is -0.0556. The first-order valence-electron chi connectivity index (χ1n) is 8.33. The molecule has 0 unspecified atom stereocenters. The summed E-state index contributed by atoms with van der Waals surface area (Å²) in [7, 11) is 0. The van der Waals surface area contributed by atoms with Gasteiger partial charge in [0, 0.05) is 18.1 Å². The number of carbonyl (C=O) groups is 1. The van der Waals surface area contributed by atoms with Crippen molar-refractivity contribution < 1.29 is 4.79 Å². The Kier molecular flexibility index (Phi) is 4.90. The van der Waals surface area contributed by atoms with E-state index >= 15 is 0 Å². The number of aryl methyl sites for hydroxylation is 3. The minimum Gasteiger partial charge on any atom is -0.352 e. The van der Waals surface area contributed by atoms with E-state index < -0.39 is 0 Å². The molecule has 0 saturated carbocycles. The second kappa shape index (κ2) is 7.26. The first-order chi connectivity index (χ1) is 11.6. The Labute approximate surface area is 142 Å². The van der Waals surface area contributed by atoms with Crippen LogP contribution in [0.5, 0.6) is 0 Å². The Bertz CT molecular complexity index is 865. The molecule has 3 rings (SSSR count). The van der Waals surface area contributed by atoms with Crippen molar-refractivity contribution in [1.82, 2.24) is 10.3 Å². The summed E-state index contributed by atoms with van der Waals surface area (Å²) < 4.78 is 0. The van der Waals surface area contributed by atoms with Gasteiger partial charge in [0.2, 0.25) is 0 Å². The fourth-order valence-corrected chi connectivity index (χ4v) is 2.99. The van der Waals surface area contributed by atoms with Crippen LogP contribution < -0.4 is 5.32 Å². The highest BCUT2D eigenvalue weighted by Crippen LogP contribution is 2.16. The summed E-state index contributed by atoms with van der Waals surface area (Å²) in [4.78, 5) is 16.8. The Balaban J connectivity index is 1.59. The molecule has 0 aliphatic rings. The van der Waals surface area contributed by atoms with Gasteiger partial charge in [0.05, 0.1) is 11.1 Å². The van der Waals surface area contributed by atoms with E-state index in [1.54, 1.807) is 6.20 Å². The zero-order valence-corrected chi connectivity index (χ0v) is 14.2. The van der Waals surface area contributed by atoms with Gasteiger partial charge in [0.15, 0.2) is 0 Å². The van der Waals surface area contributed by atoms with Crippen LogP contribution >= 0.6 is 0 Å². The lowest BCUT2D eigenvalue weighted by Crippen LogP contribution is -2.25. The number of hydrogen-bond acceptors (Lipinski definition) is 2. The SMILES string of the molecule is Cc1ccc(CCCNC(=O)c2cccc3cccnc23)c(C)c1. The molecule has 0 fully saturated rings. The molecule has 1 N–H and O–H groups in total. The van der Waals surface area contributed by atoms with Gasteiger partial charge in [-0.3, -0.25) is 9.78 Å². The molecular weight excluding hydrogens is 296 g/mol. The van der Waals surface area contributed by atoms with Crippen molar-refractivity contribution in [3.8, 4) is 0 Å². The number of amides is 1. The summed E-state index contributed by atoms with van der Waals surface area (Å²) in [6.07, 6.45) is 3.62. The van der Waals surface area contributed by atoms with Gasteiger partial charge in [-0.2, -0.15) is 0 Å². The number of benzene rings is 2. The number of pyridine rings is 1. The van der Waals surface area contributed by atoms with E-state index in [-0.39, 0.29) is 5.91 Å². The molecule has 3 nitrogen and oxygen atoms in total. The van der Waals surface area contributed by atoms with Crippen molar-refractivity contribution in [2.75, 3.05) is 6.54 Å². The lowest BCUT2D eigenvalue weighted by Gasteiger charge is -2.09. The smallest absolute Gasteiger partial charge is 0.253 e. The van der Waals surface area contributed by atoms with Crippen LogP contribution in [-0.4, -0.2) is 17.4 Å². The number of para-hydroxylation sites is 1. The molecule has 0 saturated heterocycles. The predicted molar refractivity (Wildman–Crippen MR) is 98.3 cm³/mol. The summed E-state index contributed by atoms with van der Waals surface area (Å²) in [6.45, 7) is 4.91. The molecule has 1 aromatic heterocycles. The number of fused-ring (bicyclic) bond motifs is 1. The molecule has 0 radical (unpaired) electrons. The zero-order valence-electron chi connectivity index (χ0n) is 14.2. The Morgan fingerprint density at radius 1 is 1.08 bits per heavy atom. The zero-order chi connectivity index (χ0) is 16.9. The van der Waals surface area contributed by atoms with Gasteiger partial charge in [-0.1, -0.05) is 42.0 Å². The first kappa shape index (κ1) is 16.2. The van der Waals surface area contributed by atoms with E-state index in [4.69, 9.17) is 0 Å². The molecule has 0 bridgehead atoms. The average Bonchev–Trinajstić information content (AvgIpc) is 2.59. The summed E-state index contributed by atoms with van der Waals surface area (Å²) in [5.41, 5.74) is 5.35. The third-order valence-corrected chi connectivity index (χ3v) is 4.28. The lowest BCUT2D eigenvalue weighted by molar-refractivity contribution is 0.0954. The number of hydrogen-bond donors (Lipinski definition) is 1. The molecule has 0 aliphatic carbocycles. The molecule has 3 aromatic rings. The van der Waals surface area contributed by atoms with Crippen LogP contribution in [-0.2, 0) is 6.42 Å². The fraction of sp³-hybridized carbons (Fsp3) is 0.238. The fourth-order valence-electron chi connectivity index (χ4n) is 2.99. The number of carbonyl (C=O) groups excluding carboxylic acids is 1. The highest BCUT2D eigenvalue weighted by atomic mass is 16.1. The molecule has 122 valence electrons. The maximum Gasteiger partial charge on any atom is 0.253 e. The number of rotatable bonds is 5. The Hall–Kier alpha value is -2.68. The van der Waals surface area contributed by atoms with Gasteiger partial charge >= 0.3 is 0 Å². The van der Waals surface area contributed by atoms with Gasteiger partial charge < -0.3 is 5.32 Å². The van der Waals surface area contributed by atoms with E-state index in [2.05, 4.69) is 42.3 Å². The topological polar surface area (TPSA) is 42.0 Å². The van der Waals surface area contributed by atoms with Crippen LogP contribution in [0.25, 0.3) is 10.9 Å². The summed E-state index contributed by atoms with van der Waals surface area (Å²) >= 11 is 0. The molecule has 0 aliphatic heterocycles. The molecule has 0 atom stereocenters. The number of nitrogens with zero attached hydrogens (tertiary/aromatic N) is 1. The monoisotopic (exact) mass is 318 g/mol.